The molecule has 218 valence electrons. The van der Waals surface area contributed by atoms with E-state index in [1.165, 1.54) is 47.4 Å². The van der Waals surface area contributed by atoms with Crippen molar-refractivity contribution in [2.24, 2.45) is 0 Å². The quantitative estimate of drug-likeness (QED) is 0.274. The molecule has 3 heterocycles. The maximum absolute atomic E-state index is 14.1. The normalized spacial score (nSPS) is 20.8. The number of carbonyl (C=O) groups excluding carboxylic acids is 2. The van der Waals surface area contributed by atoms with Crippen LogP contribution in [0.2, 0.25) is 5.02 Å². The molecule has 1 aliphatic carbocycles. The Hall–Kier alpha value is -3.35. The molecule has 0 N–H and O–H groups in total. The predicted molar refractivity (Wildman–Crippen MR) is 169 cm³/mol. The molecule has 1 spiro atoms. The van der Waals surface area contributed by atoms with Gasteiger partial charge in [0.15, 0.2) is 0 Å². The second-order valence-electron chi connectivity index (χ2n) is 12.4. The molecule has 0 aromatic heterocycles. The summed E-state index contributed by atoms with van der Waals surface area (Å²) in [6, 6.07) is 23.0. The maximum Gasteiger partial charge on any atom is 0.332 e. The number of amides is 3. The number of likely N-dealkylation sites (N-methyl/N-ethyl adjacent to an activating group) is 1. The highest BCUT2D eigenvalue weighted by Crippen LogP contribution is 2.44. The van der Waals surface area contributed by atoms with E-state index < -0.39 is 5.54 Å². The van der Waals surface area contributed by atoms with Gasteiger partial charge in [0.1, 0.15) is 5.54 Å². The Balaban J connectivity index is 1.06. The van der Waals surface area contributed by atoms with Crippen LogP contribution in [0.5, 0.6) is 0 Å². The van der Waals surface area contributed by atoms with Crippen LogP contribution in [-0.4, -0.2) is 60.0 Å². The molecule has 4 aliphatic rings. The summed E-state index contributed by atoms with van der Waals surface area (Å²) in [6.07, 6.45) is 6.30. The number of urea groups is 1. The Labute approximate surface area is 253 Å². The minimum atomic E-state index is -0.817. The van der Waals surface area contributed by atoms with Crippen molar-refractivity contribution in [2.75, 3.05) is 42.5 Å². The summed E-state index contributed by atoms with van der Waals surface area (Å²) >= 11 is 6.81. The number of carbonyl (C=O) groups is 2. The first-order valence-electron chi connectivity index (χ1n) is 15.6. The minimum Gasteiger partial charge on any atom is -0.372 e. The number of likely N-dealkylation sites (tertiary alicyclic amines) is 1. The van der Waals surface area contributed by atoms with Crippen LogP contribution < -0.4 is 9.80 Å². The van der Waals surface area contributed by atoms with E-state index in [4.69, 9.17) is 11.6 Å². The first kappa shape index (κ1) is 27.5. The highest BCUT2D eigenvalue weighted by molar-refractivity contribution is 6.36. The zero-order chi connectivity index (χ0) is 28.8. The van der Waals surface area contributed by atoms with E-state index in [0.717, 1.165) is 43.9 Å². The Morgan fingerprint density at radius 2 is 1.57 bits per heavy atom. The third-order valence-corrected chi connectivity index (χ3v) is 10.1. The Morgan fingerprint density at radius 3 is 2.24 bits per heavy atom. The first-order valence-corrected chi connectivity index (χ1v) is 16.0. The van der Waals surface area contributed by atoms with Crippen molar-refractivity contribution in [3.05, 3.63) is 82.9 Å². The highest BCUT2D eigenvalue weighted by atomic mass is 35.5. The average Bonchev–Trinajstić information content (AvgIpc) is 3.68. The lowest BCUT2D eigenvalue weighted by molar-refractivity contribution is -0.127. The molecular formula is C35H39ClN4O2. The van der Waals surface area contributed by atoms with Crippen molar-refractivity contribution in [3.8, 4) is 11.1 Å². The summed E-state index contributed by atoms with van der Waals surface area (Å²) in [6.45, 7) is 7.13. The molecule has 6 nitrogen and oxygen atoms in total. The number of rotatable bonds is 7. The van der Waals surface area contributed by atoms with Gasteiger partial charge in [-0.2, -0.15) is 0 Å². The molecule has 0 radical (unpaired) electrons. The molecule has 3 aromatic carbocycles. The maximum atomic E-state index is 14.1. The molecule has 3 aromatic rings. The van der Waals surface area contributed by atoms with E-state index >= 15 is 0 Å². The van der Waals surface area contributed by atoms with Crippen LogP contribution in [0.25, 0.3) is 11.1 Å². The van der Waals surface area contributed by atoms with Gasteiger partial charge in [-0.15, -0.1) is 0 Å². The van der Waals surface area contributed by atoms with Crippen LogP contribution in [0, 0.1) is 0 Å². The van der Waals surface area contributed by atoms with Gasteiger partial charge in [0.2, 0.25) is 0 Å². The topological polar surface area (TPSA) is 47.1 Å². The summed E-state index contributed by atoms with van der Waals surface area (Å²) in [5, 5.41) is 0.425. The molecule has 7 heteroatoms. The molecule has 42 heavy (non-hydrogen) atoms. The standard InChI is InChI=1S/C35H39ClN4O2/c1-2-39-34(42)40(32-15-12-29(23-31(32)36)28-7-5-6-27(22-28)26-10-11-26)33(41)35(39)16-20-37(21-17-35)24-25-8-13-30(14-9-25)38-18-3-4-19-38/h5-9,12-15,22-23,26H,2-4,10-11,16-21,24H2,1H3. The van der Waals surface area contributed by atoms with Gasteiger partial charge < -0.3 is 9.80 Å². The minimum absolute atomic E-state index is 0.144. The van der Waals surface area contributed by atoms with Gasteiger partial charge in [0, 0.05) is 45.0 Å². The number of nitrogens with zero attached hydrogens (tertiary/aromatic N) is 4. The van der Waals surface area contributed by atoms with Gasteiger partial charge in [0.05, 0.1) is 10.7 Å². The molecular weight excluding hydrogens is 544 g/mol. The van der Waals surface area contributed by atoms with Crippen molar-refractivity contribution in [1.29, 1.82) is 0 Å². The molecule has 0 atom stereocenters. The largest absolute Gasteiger partial charge is 0.372 e. The van der Waals surface area contributed by atoms with Crippen LogP contribution in [0.15, 0.2) is 66.7 Å². The molecule has 3 aliphatic heterocycles. The van der Waals surface area contributed by atoms with Gasteiger partial charge in [-0.3, -0.25) is 9.69 Å². The summed E-state index contributed by atoms with van der Waals surface area (Å²) < 4.78 is 0. The van der Waals surface area contributed by atoms with Crippen molar-refractivity contribution in [3.63, 3.8) is 0 Å². The van der Waals surface area contributed by atoms with Crippen LogP contribution >= 0.6 is 11.6 Å². The third kappa shape index (κ3) is 4.88. The SMILES string of the molecule is CCN1C(=O)N(c2ccc(-c3cccc(C4CC4)c3)cc2Cl)C(=O)C12CCN(Cc1ccc(N3CCCC3)cc1)CC2. The summed E-state index contributed by atoms with van der Waals surface area (Å²) in [7, 11) is 0. The first-order chi connectivity index (χ1) is 20.5. The molecule has 1 saturated carbocycles. The number of piperidine rings is 1. The molecule has 7 rings (SSSR count). The zero-order valence-corrected chi connectivity index (χ0v) is 25.2. The molecule has 4 fully saturated rings. The number of hydrogen-bond donors (Lipinski definition) is 0. The molecule has 0 bridgehead atoms. The van der Waals surface area contributed by atoms with Crippen LogP contribution in [0.1, 0.15) is 62.5 Å². The number of benzene rings is 3. The molecule has 3 amide bonds. The van der Waals surface area contributed by atoms with Crippen LogP contribution in [-0.2, 0) is 11.3 Å². The fourth-order valence-corrected chi connectivity index (χ4v) is 7.50. The lowest BCUT2D eigenvalue weighted by atomic mass is 9.85. The van der Waals surface area contributed by atoms with E-state index in [1.54, 1.807) is 4.90 Å². The summed E-state index contributed by atoms with van der Waals surface area (Å²) in [4.78, 5) is 35.8. The smallest absolute Gasteiger partial charge is 0.332 e. The van der Waals surface area contributed by atoms with E-state index in [1.807, 2.05) is 25.1 Å². The third-order valence-electron chi connectivity index (χ3n) is 9.81. The average molecular weight is 583 g/mol. The highest BCUT2D eigenvalue weighted by Gasteiger charge is 2.58. The summed E-state index contributed by atoms with van der Waals surface area (Å²) in [5.74, 6) is 0.525. The van der Waals surface area contributed by atoms with Crippen LogP contribution in [0.4, 0.5) is 16.2 Å². The van der Waals surface area contributed by atoms with Gasteiger partial charge >= 0.3 is 6.03 Å². The van der Waals surface area contributed by atoms with Gasteiger partial charge in [-0.25, -0.2) is 9.69 Å². The zero-order valence-electron chi connectivity index (χ0n) is 24.4. The molecule has 3 saturated heterocycles. The van der Waals surface area contributed by atoms with Crippen molar-refractivity contribution >= 4 is 34.9 Å². The lowest BCUT2D eigenvalue weighted by Gasteiger charge is -2.41. The van der Waals surface area contributed by atoms with Gasteiger partial charge in [-0.1, -0.05) is 54.1 Å². The number of anilines is 2. The lowest BCUT2D eigenvalue weighted by Crippen LogP contribution is -2.56. The van der Waals surface area contributed by atoms with Crippen molar-refractivity contribution in [1.82, 2.24) is 9.80 Å². The van der Waals surface area contributed by atoms with Gasteiger partial charge in [0.25, 0.3) is 5.91 Å². The monoisotopic (exact) mass is 582 g/mol. The number of hydrogen-bond acceptors (Lipinski definition) is 4. The van der Waals surface area contributed by atoms with Crippen LogP contribution in [0.3, 0.4) is 0 Å². The second kappa shape index (κ2) is 11.1. The summed E-state index contributed by atoms with van der Waals surface area (Å²) in [5.41, 5.74) is 5.72. The second-order valence-corrected chi connectivity index (χ2v) is 12.8. The van der Waals surface area contributed by atoms with E-state index in [9.17, 15) is 9.59 Å². The van der Waals surface area contributed by atoms with E-state index in [2.05, 4.69) is 58.3 Å². The van der Waals surface area contributed by atoms with Crippen molar-refractivity contribution in [2.45, 2.75) is 63.5 Å². The van der Waals surface area contributed by atoms with E-state index in [-0.39, 0.29) is 11.9 Å². The fourth-order valence-electron chi connectivity index (χ4n) is 7.23. The number of imide groups is 1. The predicted octanol–water partition coefficient (Wildman–Crippen LogP) is 7.31. The Bertz CT molecular complexity index is 1490. The number of halogens is 1. The van der Waals surface area contributed by atoms with Gasteiger partial charge in [-0.05, 0) is 97.9 Å². The Kier molecular flexibility index (Phi) is 7.23. The fraction of sp³-hybridized carbons (Fsp3) is 0.429. The Morgan fingerprint density at radius 1 is 0.857 bits per heavy atom. The van der Waals surface area contributed by atoms with E-state index in [0.29, 0.717) is 36.0 Å². The molecule has 0 unspecified atom stereocenters. The van der Waals surface area contributed by atoms with Crippen molar-refractivity contribution < 1.29 is 9.59 Å².